The van der Waals surface area contributed by atoms with Gasteiger partial charge in [0.25, 0.3) is 5.56 Å². The van der Waals surface area contributed by atoms with Crippen LogP contribution in [0.3, 0.4) is 0 Å². The number of aliphatic hydroxyl groups excluding tert-OH is 1. The number of nitrogens with zero attached hydrogens (tertiary/aromatic N) is 3. The first-order chi connectivity index (χ1) is 15.5. The molecule has 2 aliphatic rings. The van der Waals surface area contributed by atoms with E-state index in [9.17, 15) is 9.90 Å². The van der Waals surface area contributed by atoms with Crippen LogP contribution >= 0.6 is 0 Å². The minimum absolute atomic E-state index is 0.0472. The fourth-order valence-corrected chi connectivity index (χ4v) is 5.13. The van der Waals surface area contributed by atoms with E-state index in [4.69, 9.17) is 4.74 Å². The van der Waals surface area contributed by atoms with Crippen LogP contribution in [0.15, 0.2) is 59.5 Å². The Morgan fingerprint density at radius 1 is 1.09 bits per heavy atom. The Hall–Kier alpha value is -2.83. The van der Waals surface area contributed by atoms with Crippen molar-refractivity contribution in [1.82, 2.24) is 9.47 Å². The van der Waals surface area contributed by atoms with Crippen molar-refractivity contribution >= 4 is 16.5 Å². The maximum atomic E-state index is 13.1. The molecular formula is C26H31N3O3. The van der Waals surface area contributed by atoms with E-state index < -0.39 is 6.10 Å². The van der Waals surface area contributed by atoms with E-state index in [0.717, 1.165) is 30.1 Å². The van der Waals surface area contributed by atoms with Crippen LogP contribution in [0.4, 0.5) is 5.69 Å². The molecule has 0 saturated carbocycles. The fourth-order valence-electron chi connectivity index (χ4n) is 5.13. The SMILES string of the molecule is CC[C@H](O)COc1ccc2c(=O)n(-c3ccc(N4CC[C@@H]5CN(C)C[C@@H]54)cc3)ccc2c1. The van der Waals surface area contributed by atoms with Crippen molar-refractivity contribution in [3.63, 3.8) is 0 Å². The number of likely N-dealkylation sites (N-methyl/N-ethyl adjacent to an activating group) is 1. The van der Waals surface area contributed by atoms with E-state index in [-0.39, 0.29) is 12.2 Å². The first kappa shape index (κ1) is 21.0. The summed E-state index contributed by atoms with van der Waals surface area (Å²) in [4.78, 5) is 18.1. The lowest BCUT2D eigenvalue weighted by Crippen LogP contribution is -2.34. The molecule has 6 nitrogen and oxygen atoms in total. The molecule has 5 rings (SSSR count). The first-order valence-electron chi connectivity index (χ1n) is 11.6. The second-order valence-electron chi connectivity index (χ2n) is 9.16. The van der Waals surface area contributed by atoms with Crippen molar-refractivity contribution in [2.75, 3.05) is 38.2 Å². The van der Waals surface area contributed by atoms with Crippen LogP contribution in [0, 0.1) is 5.92 Å². The Morgan fingerprint density at radius 3 is 2.66 bits per heavy atom. The predicted octanol–water partition coefficient (Wildman–Crippen LogP) is 3.28. The van der Waals surface area contributed by atoms with Crippen LogP contribution in [0.2, 0.25) is 0 Å². The van der Waals surface area contributed by atoms with Gasteiger partial charge in [0.05, 0.1) is 6.10 Å². The van der Waals surface area contributed by atoms with Crippen LogP contribution in [0.25, 0.3) is 16.5 Å². The average molecular weight is 434 g/mol. The highest BCUT2D eigenvalue weighted by Gasteiger charge is 2.39. The number of pyridine rings is 1. The number of anilines is 1. The first-order valence-corrected chi connectivity index (χ1v) is 11.6. The van der Waals surface area contributed by atoms with Crippen LogP contribution in [-0.2, 0) is 0 Å². The number of hydrogen-bond donors (Lipinski definition) is 1. The molecule has 0 bridgehead atoms. The molecule has 168 valence electrons. The summed E-state index contributed by atoms with van der Waals surface area (Å²) in [6, 6.07) is 16.4. The molecular weight excluding hydrogens is 402 g/mol. The third kappa shape index (κ3) is 3.89. The lowest BCUT2D eigenvalue weighted by atomic mass is 10.0. The molecule has 3 heterocycles. The molecule has 32 heavy (non-hydrogen) atoms. The highest BCUT2D eigenvalue weighted by molar-refractivity contribution is 5.83. The van der Waals surface area contributed by atoms with Crippen LogP contribution in [-0.4, -0.2) is 60.0 Å². The zero-order valence-electron chi connectivity index (χ0n) is 18.8. The summed E-state index contributed by atoms with van der Waals surface area (Å²) in [6.07, 6.45) is 3.24. The molecule has 1 aromatic heterocycles. The molecule has 0 radical (unpaired) electrons. The fraction of sp³-hybridized carbons (Fsp3) is 0.423. The largest absolute Gasteiger partial charge is 0.491 e. The molecule has 0 spiro atoms. The van der Waals surface area contributed by atoms with Crippen molar-refractivity contribution < 1.29 is 9.84 Å². The number of rotatable bonds is 6. The molecule has 2 saturated heterocycles. The normalized spacial score (nSPS) is 21.8. The smallest absolute Gasteiger partial charge is 0.262 e. The van der Waals surface area contributed by atoms with E-state index >= 15 is 0 Å². The Morgan fingerprint density at radius 2 is 1.88 bits per heavy atom. The Labute approximate surface area is 188 Å². The number of hydrogen-bond acceptors (Lipinski definition) is 5. The molecule has 0 aliphatic carbocycles. The monoisotopic (exact) mass is 433 g/mol. The van der Waals surface area contributed by atoms with Crippen molar-refractivity contribution in [1.29, 1.82) is 0 Å². The molecule has 3 aromatic rings. The molecule has 2 aromatic carbocycles. The average Bonchev–Trinajstić information content (AvgIpc) is 3.37. The van der Waals surface area contributed by atoms with Gasteiger partial charge in [-0.3, -0.25) is 9.36 Å². The van der Waals surface area contributed by atoms with Crippen molar-refractivity contribution in [2.45, 2.75) is 31.9 Å². The third-order valence-electron chi connectivity index (χ3n) is 6.98. The summed E-state index contributed by atoms with van der Waals surface area (Å²) in [5.41, 5.74) is 2.06. The number of aromatic nitrogens is 1. The van der Waals surface area contributed by atoms with Gasteiger partial charge < -0.3 is 19.6 Å². The van der Waals surface area contributed by atoms with Gasteiger partial charge in [-0.2, -0.15) is 0 Å². The summed E-state index contributed by atoms with van der Waals surface area (Å²) in [5.74, 6) is 1.43. The number of aliphatic hydroxyl groups is 1. The van der Waals surface area contributed by atoms with Gasteiger partial charge in [-0.15, -0.1) is 0 Å². The van der Waals surface area contributed by atoms with E-state index in [2.05, 4.69) is 29.0 Å². The van der Waals surface area contributed by atoms with Crippen molar-refractivity contribution in [3.8, 4) is 11.4 Å². The Kier molecular flexibility index (Phi) is 5.66. The maximum Gasteiger partial charge on any atom is 0.262 e. The van der Waals surface area contributed by atoms with E-state index in [1.807, 2.05) is 37.4 Å². The Balaban J connectivity index is 1.37. The van der Waals surface area contributed by atoms with Gasteiger partial charge >= 0.3 is 0 Å². The van der Waals surface area contributed by atoms with Crippen molar-refractivity contribution in [2.24, 2.45) is 5.92 Å². The lowest BCUT2D eigenvalue weighted by molar-refractivity contribution is 0.104. The maximum absolute atomic E-state index is 13.1. The topological polar surface area (TPSA) is 57.9 Å². The quantitative estimate of drug-likeness (QED) is 0.647. The summed E-state index contributed by atoms with van der Waals surface area (Å²) in [5, 5.41) is 11.2. The van der Waals surface area contributed by atoms with Gasteiger partial charge in [0.2, 0.25) is 0 Å². The molecule has 0 amide bonds. The number of likely N-dealkylation sites (tertiary alicyclic amines) is 1. The molecule has 3 atom stereocenters. The lowest BCUT2D eigenvalue weighted by Gasteiger charge is -2.26. The van der Waals surface area contributed by atoms with Crippen LogP contribution in [0.5, 0.6) is 5.75 Å². The van der Waals surface area contributed by atoms with Crippen molar-refractivity contribution in [3.05, 3.63) is 65.1 Å². The van der Waals surface area contributed by atoms with Gasteiger partial charge in [-0.1, -0.05) is 6.92 Å². The summed E-state index contributed by atoms with van der Waals surface area (Å²) < 4.78 is 7.35. The molecule has 2 fully saturated rings. The number of fused-ring (bicyclic) bond motifs is 2. The second kappa shape index (κ2) is 8.60. The number of ether oxygens (including phenoxy) is 1. The molecule has 0 unspecified atom stereocenters. The summed E-state index contributed by atoms with van der Waals surface area (Å²) >= 11 is 0. The molecule has 1 N–H and O–H groups in total. The molecule has 2 aliphatic heterocycles. The molecule has 6 heteroatoms. The summed E-state index contributed by atoms with van der Waals surface area (Å²) in [7, 11) is 2.20. The third-order valence-corrected chi connectivity index (χ3v) is 6.98. The minimum Gasteiger partial charge on any atom is -0.491 e. The van der Waals surface area contributed by atoms with Gasteiger partial charge in [0, 0.05) is 48.6 Å². The number of benzene rings is 2. The van der Waals surface area contributed by atoms with Crippen LogP contribution in [0.1, 0.15) is 19.8 Å². The van der Waals surface area contributed by atoms with Gasteiger partial charge in [-0.25, -0.2) is 0 Å². The predicted molar refractivity (Wildman–Crippen MR) is 128 cm³/mol. The summed E-state index contributed by atoms with van der Waals surface area (Å²) in [6.45, 7) is 5.59. The minimum atomic E-state index is -0.484. The van der Waals surface area contributed by atoms with E-state index in [1.54, 1.807) is 16.7 Å². The Bertz CT molecular complexity index is 1160. The van der Waals surface area contributed by atoms with Gasteiger partial charge in [0.1, 0.15) is 12.4 Å². The highest BCUT2D eigenvalue weighted by atomic mass is 16.5. The highest BCUT2D eigenvalue weighted by Crippen LogP contribution is 2.34. The zero-order chi connectivity index (χ0) is 22.2. The van der Waals surface area contributed by atoms with E-state index in [1.165, 1.54) is 18.7 Å². The second-order valence-corrected chi connectivity index (χ2v) is 9.16. The van der Waals surface area contributed by atoms with E-state index in [0.29, 0.717) is 23.6 Å². The van der Waals surface area contributed by atoms with Gasteiger partial charge in [0.15, 0.2) is 0 Å². The van der Waals surface area contributed by atoms with Crippen LogP contribution < -0.4 is 15.2 Å². The standard InChI is InChI=1S/C26H31N3O3/c1-3-22(30)17-32-23-8-9-24-18(14-23)10-13-29(26(24)31)21-6-4-20(5-7-21)28-12-11-19-15-27(2)16-25(19)28/h4-10,13-14,19,22,25,30H,3,11-12,15-17H2,1-2H3/t19-,22+,25+/m1/s1. The van der Waals surface area contributed by atoms with Gasteiger partial charge in [-0.05, 0) is 79.7 Å². The zero-order valence-corrected chi connectivity index (χ0v) is 18.8.